The molecule has 0 aliphatic rings. The van der Waals surface area contributed by atoms with Crippen molar-refractivity contribution >= 4 is 51.2 Å². The van der Waals surface area contributed by atoms with Crippen LogP contribution in [0, 0.1) is 0 Å². The van der Waals surface area contributed by atoms with E-state index in [9.17, 15) is 14.4 Å². The van der Waals surface area contributed by atoms with Gasteiger partial charge in [0, 0.05) is 47.0 Å². The second kappa shape index (κ2) is 7.92. The summed E-state index contributed by atoms with van der Waals surface area (Å²) in [4.78, 5) is 45.4. The van der Waals surface area contributed by atoms with Gasteiger partial charge in [-0.05, 0) is 42.5 Å². The maximum atomic E-state index is 13.4. The summed E-state index contributed by atoms with van der Waals surface area (Å²) in [6, 6.07) is 13.8. The van der Waals surface area contributed by atoms with Crippen LogP contribution in [0.1, 0.15) is 16.1 Å². The lowest BCUT2D eigenvalue weighted by molar-refractivity contribution is 0.100. The number of aromatic amines is 1. The number of H-pyrrole nitrogens is 1. The molecule has 172 valence electrons. The van der Waals surface area contributed by atoms with Gasteiger partial charge in [0.1, 0.15) is 0 Å². The summed E-state index contributed by atoms with van der Waals surface area (Å²) in [6.45, 7) is 0.0506. The third-order valence-electron chi connectivity index (χ3n) is 5.78. The molecule has 0 spiro atoms. The highest BCUT2D eigenvalue weighted by molar-refractivity contribution is 6.35. The number of nitrogens with two attached hydrogens (primary N) is 1. The highest BCUT2D eigenvalue weighted by atomic mass is 35.5. The van der Waals surface area contributed by atoms with Gasteiger partial charge in [0.2, 0.25) is 11.9 Å². The number of primary amides is 1. The van der Waals surface area contributed by atoms with Crippen LogP contribution in [0.25, 0.3) is 22.1 Å². The van der Waals surface area contributed by atoms with Gasteiger partial charge in [-0.1, -0.05) is 17.7 Å². The van der Waals surface area contributed by atoms with E-state index < -0.39 is 17.2 Å². The number of imidazole rings is 1. The molecule has 0 radical (unpaired) electrons. The van der Waals surface area contributed by atoms with Gasteiger partial charge in [0.05, 0.1) is 6.54 Å². The molecule has 0 atom stereocenters. The normalized spacial score (nSPS) is 11.4. The number of nitrogens with zero attached hydrogens (tertiary/aromatic N) is 4. The van der Waals surface area contributed by atoms with Gasteiger partial charge < -0.3 is 20.6 Å². The van der Waals surface area contributed by atoms with Crippen LogP contribution >= 0.6 is 11.6 Å². The third-order valence-corrected chi connectivity index (χ3v) is 6.11. The standard InChI is InChI=1S/C23H20ClN7O3/c1-29-18-20(28-22(29)27-13-8-6-12(7-9-13)19(25)32)30(2)23(34)31(21(18)33)11-14-10-15-16(24)4-3-5-17(15)26-14/h3-10,26H,11H2,1-2H3,(H2,25,32)(H,27,28). The number of amides is 1. The molecule has 0 aliphatic heterocycles. The molecule has 2 aromatic carbocycles. The summed E-state index contributed by atoms with van der Waals surface area (Å²) in [5.41, 5.74) is 7.37. The summed E-state index contributed by atoms with van der Waals surface area (Å²) in [7, 11) is 3.26. The van der Waals surface area contributed by atoms with Crippen LogP contribution in [0.15, 0.2) is 58.1 Å². The van der Waals surface area contributed by atoms with Crippen molar-refractivity contribution < 1.29 is 4.79 Å². The molecule has 10 nitrogen and oxygen atoms in total. The van der Waals surface area contributed by atoms with Crippen molar-refractivity contribution in [3.05, 3.63) is 85.6 Å². The number of hydrogen-bond acceptors (Lipinski definition) is 5. The SMILES string of the molecule is Cn1c(Nc2ccc(C(N)=O)cc2)nc2c1c(=O)n(Cc1cc3c(Cl)cccc3[nH]1)c(=O)n2C. The number of benzene rings is 2. The number of rotatable bonds is 5. The summed E-state index contributed by atoms with van der Waals surface area (Å²) in [6.07, 6.45) is 0. The Morgan fingerprint density at radius 3 is 2.53 bits per heavy atom. The molecule has 34 heavy (non-hydrogen) atoms. The number of hydrogen-bond donors (Lipinski definition) is 3. The van der Waals surface area contributed by atoms with Gasteiger partial charge in [0.25, 0.3) is 5.56 Å². The maximum absolute atomic E-state index is 13.4. The van der Waals surface area contributed by atoms with Crippen molar-refractivity contribution in [2.45, 2.75) is 6.54 Å². The molecule has 0 fully saturated rings. The van der Waals surface area contributed by atoms with Crippen LogP contribution in [0.5, 0.6) is 0 Å². The fraction of sp³-hybridized carbons (Fsp3) is 0.130. The molecule has 0 saturated heterocycles. The van der Waals surface area contributed by atoms with Crippen LogP contribution in [0.4, 0.5) is 11.6 Å². The molecular formula is C23H20ClN7O3. The summed E-state index contributed by atoms with van der Waals surface area (Å²) in [5, 5.41) is 4.51. The van der Waals surface area contributed by atoms with Crippen molar-refractivity contribution in [1.82, 2.24) is 23.7 Å². The summed E-state index contributed by atoms with van der Waals surface area (Å²) in [5.74, 6) is -0.161. The average molecular weight is 478 g/mol. The first-order valence-corrected chi connectivity index (χ1v) is 10.7. The molecule has 5 aromatic rings. The second-order valence-corrected chi connectivity index (χ2v) is 8.37. The van der Waals surface area contributed by atoms with Gasteiger partial charge in [-0.15, -0.1) is 0 Å². The molecule has 11 heteroatoms. The van der Waals surface area contributed by atoms with E-state index in [1.54, 1.807) is 49.0 Å². The van der Waals surface area contributed by atoms with Crippen molar-refractivity contribution in [1.29, 1.82) is 0 Å². The zero-order valence-corrected chi connectivity index (χ0v) is 19.1. The zero-order chi connectivity index (χ0) is 24.1. The summed E-state index contributed by atoms with van der Waals surface area (Å²) < 4.78 is 4.10. The van der Waals surface area contributed by atoms with Gasteiger partial charge in [0.15, 0.2) is 11.2 Å². The third kappa shape index (κ3) is 3.44. The number of carbonyl (C=O) groups excluding carboxylic acids is 1. The Hall–Kier alpha value is -4.31. The van der Waals surface area contributed by atoms with Crippen molar-refractivity contribution in [3.8, 4) is 0 Å². The number of carbonyl (C=O) groups is 1. The fourth-order valence-corrected chi connectivity index (χ4v) is 4.20. The predicted octanol–water partition coefficient (Wildman–Crippen LogP) is 2.46. The molecule has 4 N–H and O–H groups in total. The minimum Gasteiger partial charge on any atom is -0.366 e. The quantitative estimate of drug-likeness (QED) is 0.357. The van der Waals surface area contributed by atoms with Crippen molar-refractivity contribution in [2.75, 3.05) is 5.32 Å². The van der Waals surface area contributed by atoms with Gasteiger partial charge in [-0.3, -0.25) is 18.7 Å². The molecule has 0 saturated carbocycles. The van der Waals surface area contributed by atoms with Gasteiger partial charge in [-0.25, -0.2) is 4.79 Å². The van der Waals surface area contributed by atoms with Crippen LogP contribution in [-0.2, 0) is 20.6 Å². The Balaban J connectivity index is 1.57. The van der Waals surface area contributed by atoms with Crippen LogP contribution in [0.3, 0.4) is 0 Å². The first kappa shape index (κ1) is 21.5. The number of anilines is 2. The smallest absolute Gasteiger partial charge is 0.332 e. The maximum Gasteiger partial charge on any atom is 0.332 e. The molecular weight excluding hydrogens is 458 g/mol. The van der Waals surface area contributed by atoms with Crippen molar-refractivity contribution in [3.63, 3.8) is 0 Å². The second-order valence-electron chi connectivity index (χ2n) is 7.96. The predicted molar refractivity (Wildman–Crippen MR) is 131 cm³/mol. The first-order valence-electron chi connectivity index (χ1n) is 10.3. The Morgan fingerprint density at radius 1 is 1.12 bits per heavy atom. The largest absolute Gasteiger partial charge is 0.366 e. The number of aryl methyl sites for hydroxylation is 2. The Bertz CT molecular complexity index is 1710. The molecule has 0 aliphatic carbocycles. The first-order chi connectivity index (χ1) is 16.2. The number of aromatic nitrogens is 5. The van der Waals surface area contributed by atoms with E-state index in [4.69, 9.17) is 17.3 Å². The van der Waals surface area contributed by atoms with E-state index in [1.807, 2.05) is 18.2 Å². The number of nitrogens with one attached hydrogen (secondary N) is 2. The van der Waals surface area contributed by atoms with E-state index in [1.165, 1.54) is 4.57 Å². The Labute approximate surface area is 197 Å². The number of fused-ring (bicyclic) bond motifs is 2. The summed E-state index contributed by atoms with van der Waals surface area (Å²) >= 11 is 6.26. The van der Waals surface area contributed by atoms with Crippen LogP contribution < -0.4 is 22.3 Å². The van der Waals surface area contributed by atoms with E-state index in [-0.39, 0.29) is 17.7 Å². The van der Waals surface area contributed by atoms with E-state index in [2.05, 4.69) is 15.3 Å². The Morgan fingerprint density at radius 2 is 1.85 bits per heavy atom. The molecule has 5 rings (SSSR count). The minimum absolute atomic E-state index is 0.0506. The van der Waals surface area contributed by atoms with E-state index >= 15 is 0 Å². The zero-order valence-electron chi connectivity index (χ0n) is 18.3. The number of halogens is 1. The van der Waals surface area contributed by atoms with E-state index in [0.29, 0.717) is 27.9 Å². The van der Waals surface area contributed by atoms with Gasteiger partial charge in [-0.2, -0.15) is 4.98 Å². The molecule has 0 bridgehead atoms. The molecule has 3 heterocycles. The average Bonchev–Trinajstić information content (AvgIpc) is 3.37. The van der Waals surface area contributed by atoms with Gasteiger partial charge >= 0.3 is 5.69 Å². The minimum atomic E-state index is -0.526. The molecule has 3 aromatic heterocycles. The topological polar surface area (TPSA) is 133 Å². The van der Waals surface area contributed by atoms with Crippen molar-refractivity contribution in [2.24, 2.45) is 19.8 Å². The molecule has 1 amide bonds. The monoisotopic (exact) mass is 477 g/mol. The lowest BCUT2D eigenvalue weighted by Gasteiger charge is -2.08. The Kier molecular flexibility index (Phi) is 5.02. The molecule has 0 unspecified atom stereocenters. The lowest BCUT2D eigenvalue weighted by Crippen LogP contribution is -2.39. The van der Waals surface area contributed by atoms with E-state index in [0.717, 1.165) is 15.5 Å². The lowest BCUT2D eigenvalue weighted by atomic mass is 10.2. The highest BCUT2D eigenvalue weighted by Gasteiger charge is 2.19. The van der Waals surface area contributed by atoms with Crippen LogP contribution in [-0.4, -0.2) is 29.6 Å². The fourth-order valence-electron chi connectivity index (χ4n) is 3.97. The van der Waals surface area contributed by atoms with Crippen LogP contribution in [0.2, 0.25) is 5.02 Å². The highest BCUT2D eigenvalue weighted by Crippen LogP contribution is 2.24.